The molecule has 0 unspecified atom stereocenters. The zero-order valence-electron chi connectivity index (χ0n) is 9.31. The molecule has 0 atom stereocenters. The monoisotopic (exact) mass is 278 g/mol. The van der Waals surface area contributed by atoms with Crippen LogP contribution >= 0.6 is 0 Å². The molecule has 1 aliphatic carbocycles. The molecule has 0 radical (unpaired) electrons. The lowest BCUT2D eigenvalue weighted by Gasteiger charge is -2.03. The van der Waals surface area contributed by atoms with E-state index in [9.17, 15) is 26.7 Å². The number of halogens is 5. The van der Waals surface area contributed by atoms with E-state index in [1.807, 2.05) is 5.43 Å². The number of nitrogens with one attached hydrogen (secondary N) is 1. The predicted molar refractivity (Wildman–Crippen MR) is 54.7 cm³/mol. The van der Waals surface area contributed by atoms with Crippen LogP contribution in [0.4, 0.5) is 22.0 Å². The largest absolute Gasteiger partial charge is 0.273 e. The van der Waals surface area contributed by atoms with Gasteiger partial charge in [-0.2, -0.15) is 5.10 Å². The normalized spacial score (nSPS) is 15.0. The lowest BCUT2D eigenvalue weighted by atomic mass is 10.2. The summed E-state index contributed by atoms with van der Waals surface area (Å²) in [5.41, 5.74) is 0.758. The Morgan fingerprint density at radius 2 is 1.47 bits per heavy atom. The average Bonchev–Trinajstić information content (AvgIpc) is 3.22. The summed E-state index contributed by atoms with van der Waals surface area (Å²) in [6.07, 6.45) is 1.75. The van der Waals surface area contributed by atoms with E-state index < -0.39 is 40.6 Å². The molecule has 1 aromatic rings. The van der Waals surface area contributed by atoms with Gasteiger partial charge in [0.1, 0.15) is 0 Å². The number of benzene rings is 1. The number of hydrogen-bond donors (Lipinski definition) is 1. The highest BCUT2D eigenvalue weighted by molar-refractivity contribution is 5.84. The van der Waals surface area contributed by atoms with Crippen molar-refractivity contribution in [3.63, 3.8) is 0 Å². The number of carbonyl (C=O) groups excluding carboxylic acids is 1. The topological polar surface area (TPSA) is 41.5 Å². The Morgan fingerprint density at radius 3 is 1.95 bits per heavy atom. The first kappa shape index (κ1) is 13.4. The van der Waals surface area contributed by atoms with Gasteiger partial charge in [0.25, 0.3) is 0 Å². The van der Waals surface area contributed by atoms with E-state index >= 15 is 0 Å². The second kappa shape index (κ2) is 4.94. The molecule has 1 amide bonds. The van der Waals surface area contributed by atoms with Crippen LogP contribution < -0.4 is 5.43 Å². The third kappa shape index (κ3) is 2.56. The van der Waals surface area contributed by atoms with Crippen molar-refractivity contribution in [3.05, 3.63) is 34.6 Å². The van der Waals surface area contributed by atoms with Crippen LogP contribution in [0.1, 0.15) is 18.4 Å². The Morgan fingerprint density at radius 1 is 1.00 bits per heavy atom. The Bertz CT molecular complexity index is 540. The first-order valence-corrected chi connectivity index (χ1v) is 5.27. The quantitative estimate of drug-likeness (QED) is 0.297. The van der Waals surface area contributed by atoms with Crippen molar-refractivity contribution in [1.82, 2.24) is 5.43 Å². The second-order valence-electron chi connectivity index (χ2n) is 3.99. The molecule has 1 aromatic carbocycles. The number of hydrogen-bond acceptors (Lipinski definition) is 2. The third-order valence-corrected chi connectivity index (χ3v) is 2.56. The lowest BCUT2D eigenvalue weighted by molar-refractivity contribution is -0.122. The number of amides is 1. The van der Waals surface area contributed by atoms with Gasteiger partial charge in [0.15, 0.2) is 23.3 Å². The Balaban J connectivity index is 2.24. The molecular formula is C11H7F5N2O. The fourth-order valence-electron chi connectivity index (χ4n) is 1.33. The fourth-order valence-corrected chi connectivity index (χ4v) is 1.33. The highest BCUT2D eigenvalue weighted by Crippen LogP contribution is 2.28. The molecule has 102 valence electrons. The molecule has 3 nitrogen and oxygen atoms in total. The summed E-state index contributed by atoms with van der Waals surface area (Å²) in [6, 6.07) is 0. The van der Waals surface area contributed by atoms with Gasteiger partial charge in [-0.05, 0) is 12.8 Å². The van der Waals surface area contributed by atoms with Crippen molar-refractivity contribution in [2.24, 2.45) is 11.0 Å². The summed E-state index contributed by atoms with van der Waals surface area (Å²) in [7, 11) is 0. The van der Waals surface area contributed by atoms with Crippen LogP contribution in [-0.2, 0) is 4.79 Å². The van der Waals surface area contributed by atoms with Crippen molar-refractivity contribution in [2.45, 2.75) is 12.8 Å². The molecule has 2 rings (SSSR count). The van der Waals surface area contributed by atoms with Gasteiger partial charge < -0.3 is 0 Å². The summed E-state index contributed by atoms with van der Waals surface area (Å²) < 4.78 is 64.7. The number of carbonyl (C=O) groups is 1. The highest BCUT2D eigenvalue weighted by Gasteiger charge is 2.29. The molecular weight excluding hydrogens is 271 g/mol. The van der Waals surface area contributed by atoms with E-state index in [1.165, 1.54) is 0 Å². The number of rotatable bonds is 3. The maximum atomic E-state index is 13.2. The van der Waals surface area contributed by atoms with Crippen molar-refractivity contribution in [3.8, 4) is 0 Å². The van der Waals surface area contributed by atoms with Crippen LogP contribution in [-0.4, -0.2) is 12.1 Å². The molecule has 0 heterocycles. The van der Waals surface area contributed by atoms with E-state index in [1.54, 1.807) is 0 Å². The Labute approximate surface area is 104 Å². The minimum atomic E-state index is -2.24. The summed E-state index contributed by atoms with van der Waals surface area (Å²) in [5, 5.41) is 3.18. The SMILES string of the molecule is O=C(N/N=C\c1c(F)c(F)c(F)c(F)c1F)C1CC1. The van der Waals surface area contributed by atoms with Crippen LogP contribution in [0.25, 0.3) is 0 Å². The molecule has 0 aromatic heterocycles. The van der Waals surface area contributed by atoms with Crippen molar-refractivity contribution >= 4 is 12.1 Å². The van der Waals surface area contributed by atoms with Crippen LogP contribution in [0, 0.1) is 35.0 Å². The van der Waals surface area contributed by atoms with Gasteiger partial charge in [0, 0.05) is 5.92 Å². The van der Waals surface area contributed by atoms with E-state index in [0.29, 0.717) is 19.1 Å². The summed E-state index contributed by atoms with van der Waals surface area (Å²) in [6.45, 7) is 0. The van der Waals surface area contributed by atoms with Crippen molar-refractivity contribution < 1.29 is 26.7 Å². The maximum Gasteiger partial charge on any atom is 0.243 e. The molecule has 19 heavy (non-hydrogen) atoms. The second-order valence-corrected chi connectivity index (χ2v) is 3.99. The van der Waals surface area contributed by atoms with Crippen LogP contribution in [0.3, 0.4) is 0 Å². The number of nitrogens with zero attached hydrogens (tertiary/aromatic N) is 1. The van der Waals surface area contributed by atoms with Crippen LogP contribution in [0.2, 0.25) is 0 Å². The zero-order chi connectivity index (χ0) is 14.2. The molecule has 8 heteroatoms. The fraction of sp³-hybridized carbons (Fsp3) is 0.273. The lowest BCUT2D eigenvalue weighted by Crippen LogP contribution is -2.19. The molecule has 1 saturated carbocycles. The van der Waals surface area contributed by atoms with E-state index in [-0.39, 0.29) is 5.92 Å². The molecule has 1 N–H and O–H groups in total. The van der Waals surface area contributed by atoms with Gasteiger partial charge >= 0.3 is 0 Å². The molecule has 0 spiro atoms. The minimum Gasteiger partial charge on any atom is -0.273 e. The third-order valence-electron chi connectivity index (χ3n) is 2.56. The van der Waals surface area contributed by atoms with E-state index in [4.69, 9.17) is 0 Å². The van der Waals surface area contributed by atoms with Crippen LogP contribution in [0.15, 0.2) is 5.10 Å². The number of hydrazone groups is 1. The highest BCUT2D eigenvalue weighted by atomic mass is 19.2. The average molecular weight is 278 g/mol. The zero-order valence-corrected chi connectivity index (χ0v) is 9.31. The smallest absolute Gasteiger partial charge is 0.243 e. The molecule has 0 aliphatic heterocycles. The molecule has 0 saturated heterocycles. The first-order valence-electron chi connectivity index (χ1n) is 5.27. The van der Waals surface area contributed by atoms with Gasteiger partial charge in [-0.1, -0.05) is 0 Å². The minimum absolute atomic E-state index is 0.200. The Kier molecular flexibility index (Phi) is 3.50. The van der Waals surface area contributed by atoms with Gasteiger partial charge in [0.2, 0.25) is 11.7 Å². The van der Waals surface area contributed by atoms with Gasteiger partial charge in [-0.25, -0.2) is 27.4 Å². The van der Waals surface area contributed by atoms with Crippen LogP contribution in [0.5, 0.6) is 0 Å². The van der Waals surface area contributed by atoms with Gasteiger partial charge in [-0.3, -0.25) is 4.79 Å². The standard InChI is InChI=1S/C11H7F5N2O/c12-6-5(3-17-18-11(19)4-1-2-4)7(13)9(15)10(16)8(6)14/h3-4H,1-2H2,(H,18,19)/b17-3-. The molecule has 0 bridgehead atoms. The predicted octanol–water partition coefficient (Wildman–Crippen LogP) is 2.24. The summed E-state index contributed by atoms with van der Waals surface area (Å²) in [5.74, 6) is -11.0. The maximum absolute atomic E-state index is 13.2. The van der Waals surface area contributed by atoms with E-state index in [2.05, 4.69) is 5.10 Å². The van der Waals surface area contributed by atoms with Crippen molar-refractivity contribution in [1.29, 1.82) is 0 Å². The Hall–Kier alpha value is -1.99. The van der Waals surface area contributed by atoms with Crippen molar-refractivity contribution in [2.75, 3.05) is 0 Å². The van der Waals surface area contributed by atoms with E-state index in [0.717, 1.165) is 0 Å². The van der Waals surface area contributed by atoms with Gasteiger partial charge in [0.05, 0.1) is 11.8 Å². The summed E-state index contributed by atoms with van der Waals surface area (Å²) >= 11 is 0. The summed E-state index contributed by atoms with van der Waals surface area (Å²) in [4.78, 5) is 11.1. The molecule has 1 fully saturated rings. The molecule has 1 aliphatic rings. The van der Waals surface area contributed by atoms with Gasteiger partial charge in [-0.15, -0.1) is 0 Å². The first-order chi connectivity index (χ1) is 8.93.